The molecular weight excluding hydrogens is 316 g/mol. The second kappa shape index (κ2) is 5.10. The highest BCUT2D eigenvalue weighted by Crippen LogP contribution is 2.64. The van der Waals surface area contributed by atoms with E-state index in [9.17, 15) is 8.42 Å². The van der Waals surface area contributed by atoms with Crippen LogP contribution in [0.25, 0.3) is 0 Å². The molecule has 2 aromatic carbocycles. The van der Waals surface area contributed by atoms with Gasteiger partial charge in [-0.25, -0.2) is 8.42 Å². The van der Waals surface area contributed by atoms with Crippen LogP contribution in [0.15, 0.2) is 60.7 Å². The molecule has 3 aliphatic rings. The maximum Gasteiger partial charge on any atom is 0.167 e. The van der Waals surface area contributed by atoms with E-state index >= 15 is 0 Å². The van der Waals surface area contributed by atoms with E-state index < -0.39 is 14.5 Å². The van der Waals surface area contributed by atoms with Gasteiger partial charge in [-0.15, -0.1) is 11.6 Å². The lowest BCUT2D eigenvalue weighted by atomic mass is 9.53. The SMILES string of the molecule is O=S1(=O)CC2[C@H](c3ccccc3)C([C@H]2c2ccccc2)[C@H]1Cl. The number of sulfone groups is 1. The number of rotatable bonds is 2. The van der Waals surface area contributed by atoms with Crippen molar-refractivity contribution in [1.82, 2.24) is 0 Å². The third-order valence-corrected chi connectivity index (χ3v) is 8.15. The second-order valence-corrected chi connectivity index (χ2v) is 9.19. The Morgan fingerprint density at radius 3 is 1.68 bits per heavy atom. The van der Waals surface area contributed by atoms with E-state index in [4.69, 9.17) is 11.6 Å². The Balaban J connectivity index is 1.76. The zero-order valence-electron chi connectivity index (χ0n) is 12.0. The molecule has 2 aliphatic heterocycles. The van der Waals surface area contributed by atoms with Crippen molar-refractivity contribution in [3.63, 3.8) is 0 Å². The summed E-state index contributed by atoms with van der Waals surface area (Å²) in [6, 6.07) is 20.4. The third kappa shape index (κ3) is 2.03. The van der Waals surface area contributed by atoms with Gasteiger partial charge in [0.15, 0.2) is 9.84 Å². The standard InChI is InChI=1S/C18H17ClO2S/c19-18-17-15(12-7-3-1-4-8-12)14(11-22(18,20)21)16(17)13-9-5-2-6-10-13/h1-10,14-18H,11H2/t14?,15-,16-,17?,18-/m0/s1. The van der Waals surface area contributed by atoms with Crippen LogP contribution >= 0.6 is 11.6 Å². The number of hydrogen-bond donors (Lipinski definition) is 0. The first-order valence-electron chi connectivity index (χ1n) is 7.55. The average Bonchev–Trinajstić information content (AvgIpc) is 2.51. The summed E-state index contributed by atoms with van der Waals surface area (Å²) in [5.74, 6) is 0.788. The van der Waals surface area contributed by atoms with Crippen molar-refractivity contribution in [2.45, 2.75) is 16.5 Å². The Kier molecular flexibility index (Phi) is 3.31. The predicted molar refractivity (Wildman–Crippen MR) is 88.8 cm³/mol. The summed E-state index contributed by atoms with van der Waals surface area (Å²) in [6.07, 6.45) is 0. The van der Waals surface area contributed by atoms with Crippen molar-refractivity contribution in [3.05, 3.63) is 71.8 Å². The molecule has 0 aromatic heterocycles. The van der Waals surface area contributed by atoms with E-state index in [2.05, 4.69) is 24.3 Å². The Morgan fingerprint density at radius 2 is 1.27 bits per heavy atom. The molecule has 0 radical (unpaired) electrons. The summed E-state index contributed by atoms with van der Waals surface area (Å²) in [7, 11) is -3.18. The third-order valence-electron chi connectivity index (χ3n) is 5.19. The molecule has 1 aliphatic carbocycles. The molecule has 2 bridgehead atoms. The molecule has 5 rings (SSSR count). The van der Waals surface area contributed by atoms with Crippen molar-refractivity contribution in [3.8, 4) is 0 Å². The molecule has 2 aromatic rings. The minimum atomic E-state index is -3.18. The highest BCUT2D eigenvalue weighted by molar-refractivity contribution is 7.93. The van der Waals surface area contributed by atoms with E-state index in [1.165, 1.54) is 11.1 Å². The van der Waals surface area contributed by atoms with Gasteiger partial charge in [0, 0.05) is 5.92 Å². The summed E-state index contributed by atoms with van der Waals surface area (Å²) in [5.41, 5.74) is 2.43. The van der Waals surface area contributed by atoms with Crippen molar-refractivity contribution in [1.29, 1.82) is 0 Å². The first-order chi connectivity index (χ1) is 10.6. The van der Waals surface area contributed by atoms with Crippen LogP contribution in [0.3, 0.4) is 0 Å². The quantitative estimate of drug-likeness (QED) is 0.784. The Bertz CT molecular complexity index is 726. The number of alkyl halides is 1. The molecule has 1 saturated carbocycles. The molecule has 0 spiro atoms. The molecule has 4 heteroatoms. The Morgan fingerprint density at radius 1 is 0.818 bits per heavy atom. The fourth-order valence-electron chi connectivity index (χ4n) is 4.29. The van der Waals surface area contributed by atoms with Gasteiger partial charge in [-0.05, 0) is 28.9 Å². The molecule has 2 heterocycles. The summed E-state index contributed by atoms with van der Waals surface area (Å²) >= 11 is 6.40. The van der Waals surface area contributed by atoms with Crippen molar-refractivity contribution < 1.29 is 8.42 Å². The van der Waals surface area contributed by atoms with E-state index in [0.29, 0.717) is 0 Å². The average molecular weight is 333 g/mol. The molecule has 3 atom stereocenters. The zero-order valence-corrected chi connectivity index (χ0v) is 13.5. The van der Waals surface area contributed by atoms with Gasteiger partial charge in [0.05, 0.1) is 5.75 Å². The van der Waals surface area contributed by atoms with Gasteiger partial charge in [-0.2, -0.15) is 0 Å². The van der Waals surface area contributed by atoms with Crippen LogP contribution in [0, 0.1) is 11.8 Å². The lowest BCUT2D eigenvalue weighted by Crippen LogP contribution is -2.58. The number of fused-ring (bicyclic) bond motifs is 2. The van der Waals surface area contributed by atoms with Gasteiger partial charge in [-0.3, -0.25) is 0 Å². The first-order valence-corrected chi connectivity index (χ1v) is 9.70. The monoisotopic (exact) mass is 332 g/mol. The lowest BCUT2D eigenvalue weighted by Gasteiger charge is -2.58. The Hall–Kier alpha value is -1.32. The molecule has 0 amide bonds. The zero-order chi connectivity index (χ0) is 15.3. The van der Waals surface area contributed by atoms with Crippen LogP contribution in [0.5, 0.6) is 0 Å². The minimum absolute atomic E-state index is 0.0322. The number of halogens is 1. The van der Waals surface area contributed by atoms with Crippen LogP contribution in [-0.2, 0) is 9.84 Å². The molecular formula is C18H17ClO2S. The van der Waals surface area contributed by atoms with E-state index in [1.54, 1.807) is 0 Å². The number of benzene rings is 2. The van der Waals surface area contributed by atoms with E-state index in [0.717, 1.165) is 0 Å². The fourth-order valence-corrected chi connectivity index (χ4v) is 6.78. The molecule has 2 saturated heterocycles. The van der Waals surface area contributed by atoms with E-state index in [1.807, 2.05) is 36.4 Å². The molecule has 114 valence electrons. The summed E-state index contributed by atoms with van der Waals surface area (Å²) < 4.78 is 23.7. The maximum atomic E-state index is 12.2. The molecule has 3 fully saturated rings. The molecule has 22 heavy (non-hydrogen) atoms. The summed E-state index contributed by atoms with van der Waals surface area (Å²) in [5, 5.41) is 0. The second-order valence-electron chi connectivity index (χ2n) is 6.29. The van der Waals surface area contributed by atoms with Gasteiger partial charge in [-0.1, -0.05) is 60.7 Å². The summed E-state index contributed by atoms with van der Waals surface area (Å²) in [4.78, 5) is 0. The van der Waals surface area contributed by atoms with Crippen LogP contribution < -0.4 is 0 Å². The van der Waals surface area contributed by atoms with Crippen molar-refractivity contribution in [2.24, 2.45) is 11.8 Å². The predicted octanol–water partition coefficient (Wildman–Crippen LogP) is 3.79. The van der Waals surface area contributed by atoms with Crippen LogP contribution in [0.1, 0.15) is 23.0 Å². The fraction of sp³-hybridized carbons (Fsp3) is 0.333. The van der Waals surface area contributed by atoms with Crippen molar-refractivity contribution in [2.75, 3.05) is 5.75 Å². The largest absolute Gasteiger partial charge is 0.227 e. The highest BCUT2D eigenvalue weighted by atomic mass is 35.5. The van der Waals surface area contributed by atoms with Gasteiger partial charge >= 0.3 is 0 Å². The minimum Gasteiger partial charge on any atom is -0.227 e. The van der Waals surface area contributed by atoms with Crippen LogP contribution in [-0.4, -0.2) is 18.9 Å². The number of hydrogen-bond acceptors (Lipinski definition) is 2. The molecule has 0 N–H and O–H groups in total. The highest BCUT2D eigenvalue weighted by Gasteiger charge is 2.62. The summed E-state index contributed by atoms with van der Waals surface area (Å²) in [6.45, 7) is 0. The van der Waals surface area contributed by atoms with Crippen molar-refractivity contribution >= 4 is 21.4 Å². The van der Waals surface area contributed by atoms with Gasteiger partial charge in [0.1, 0.15) is 4.71 Å². The van der Waals surface area contributed by atoms with Crippen LogP contribution in [0.4, 0.5) is 0 Å². The topological polar surface area (TPSA) is 34.1 Å². The van der Waals surface area contributed by atoms with Gasteiger partial charge < -0.3 is 0 Å². The molecule has 0 unspecified atom stereocenters. The van der Waals surface area contributed by atoms with E-state index in [-0.39, 0.29) is 29.4 Å². The lowest BCUT2D eigenvalue weighted by molar-refractivity contribution is 0.108. The molecule has 2 nitrogen and oxygen atoms in total. The van der Waals surface area contributed by atoms with Crippen LogP contribution in [0.2, 0.25) is 0 Å². The van der Waals surface area contributed by atoms with Gasteiger partial charge in [0.25, 0.3) is 0 Å². The Labute approximate surface area is 136 Å². The normalized spacial score (nSPS) is 35.6. The first kappa shape index (κ1) is 14.3. The maximum absolute atomic E-state index is 12.2. The van der Waals surface area contributed by atoms with Gasteiger partial charge in [0.2, 0.25) is 0 Å². The smallest absolute Gasteiger partial charge is 0.167 e.